The maximum absolute atomic E-state index is 13.5. The van der Waals surface area contributed by atoms with Crippen LogP contribution in [0.2, 0.25) is 0 Å². The molecule has 1 heterocycles. The third kappa shape index (κ3) is 5.10. The second kappa shape index (κ2) is 9.05. The Hall–Kier alpha value is -0.800. The molecule has 0 saturated carbocycles. The van der Waals surface area contributed by atoms with Gasteiger partial charge < -0.3 is 10.1 Å². The molecule has 0 aromatic heterocycles. The van der Waals surface area contributed by atoms with E-state index >= 15 is 0 Å². The molecule has 1 aliphatic rings. The Balaban J connectivity index is 0.00000288. The Bertz CT molecular complexity index is 646. The van der Waals surface area contributed by atoms with Gasteiger partial charge in [-0.3, -0.25) is 0 Å². The van der Waals surface area contributed by atoms with Gasteiger partial charge in [0.1, 0.15) is 0 Å². The highest BCUT2D eigenvalue weighted by molar-refractivity contribution is 7.90. The van der Waals surface area contributed by atoms with Gasteiger partial charge in [-0.25, -0.2) is 21.9 Å². The van der Waals surface area contributed by atoms with Crippen molar-refractivity contribution in [1.82, 2.24) is 10.0 Å². The summed E-state index contributed by atoms with van der Waals surface area (Å²) in [6.45, 7) is 2.78. The van der Waals surface area contributed by atoms with E-state index in [1.54, 1.807) is 6.92 Å². The van der Waals surface area contributed by atoms with Crippen molar-refractivity contribution >= 4 is 22.4 Å². The number of hydrogen-bond acceptors (Lipinski definition) is 4. The van der Waals surface area contributed by atoms with Crippen LogP contribution in [0.4, 0.5) is 8.78 Å². The number of halogens is 3. The first kappa shape index (κ1) is 21.2. The molecule has 138 valence electrons. The number of ether oxygens (including phenoxy) is 1. The molecule has 2 rings (SSSR count). The average Bonchev–Trinajstić information content (AvgIpc) is 2.50. The zero-order valence-corrected chi connectivity index (χ0v) is 15.2. The number of methoxy groups -OCH3 is 1. The molecule has 1 saturated heterocycles. The summed E-state index contributed by atoms with van der Waals surface area (Å²) in [5.74, 6) is -2.04. The fourth-order valence-electron chi connectivity index (χ4n) is 2.78. The molecule has 2 N–H and O–H groups in total. The van der Waals surface area contributed by atoms with Crippen molar-refractivity contribution in [2.24, 2.45) is 0 Å². The number of benzene rings is 1. The minimum atomic E-state index is -3.56. The zero-order chi connectivity index (χ0) is 17.0. The van der Waals surface area contributed by atoms with E-state index < -0.39 is 32.9 Å². The third-order valence-electron chi connectivity index (χ3n) is 4.10. The molecule has 24 heavy (non-hydrogen) atoms. The number of hydrogen-bond donors (Lipinski definition) is 2. The summed E-state index contributed by atoms with van der Waals surface area (Å²) in [4.78, 5) is 0. The Morgan fingerprint density at radius 1 is 1.38 bits per heavy atom. The van der Waals surface area contributed by atoms with Crippen LogP contribution >= 0.6 is 12.4 Å². The van der Waals surface area contributed by atoms with Crippen LogP contribution in [0.15, 0.2) is 18.2 Å². The minimum absolute atomic E-state index is 0. The standard InChI is InChI=1S/C15H22F2N2O3S.ClH/c1-10(9-22-2)23(20,21)19-15-8-18-6-5-12(15)11-3-4-13(16)14(17)7-11;/h3-4,7,10,12,15,18-19H,5-6,8-9H2,1-2H3;1H. The van der Waals surface area contributed by atoms with Gasteiger partial charge in [0.15, 0.2) is 11.6 Å². The zero-order valence-electron chi connectivity index (χ0n) is 13.6. The molecule has 1 aliphatic heterocycles. The highest BCUT2D eigenvalue weighted by Crippen LogP contribution is 2.27. The second-order valence-electron chi connectivity index (χ2n) is 5.81. The normalized spacial score (nSPS) is 22.7. The Kier molecular flexibility index (Phi) is 8.01. The molecule has 1 aromatic rings. The Labute approximate surface area is 147 Å². The first-order valence-corrected chi connectivity index (χ1v) is 9.05. The van der Waals surface area contributed by atoms with Crippen molar-refractivity contribution in [3.05, 3.63) is 35.4 Å². The molecule has 0 bridgehead atoms. The topological polar surface area (TPSA) is 67.4 Å². The molecule has 0 aliphatic carbocycles. The van der Waals surface area contributed by atoms with E-state index in [2.05, 4.69) is 10.0 Å². The van der Waals surface area contributed by atoms with Crippen LogP contribution in [0.25, 0.3) is 0 Å². The van der Waals surface area contributed by atoms with Gasteiger partial charge in [0.05, 0.1) is 11.9 Å². The predicted octanol–water partition coefficient (Wildman–Crippen LogP) is 1.79. The van der Waals surface area contributed by atoms with Gasteiger partial charge in [-0.15, -0.1) is 12.4 Å². The molecule has 5 nitrogen and oxygen atoms in total. The van der Waals surface area contributed by atoms with Gasteiger partial charge >= 0.3 is 0 Å². The molecule has 1 aromatic carbocycles. The third-order valence-corrected chi connectivity index (χ3v) is 5.93. The first-order valence-electron chi connectivity index (χ1n) is 7.51. The van der Waals surface area contributed by atoms with Crippen LogP contribution in [0.3, 0.4) is 0 Å². The SMILES string of the molecule is COCC(C)S(=O)(=O)NC1CNCCC1c1ccc(F)c(F)c1.Cl. The van der Waals surface area contributed by atoms with Gasteiger partial charge in [-0.05, 0) is 37.6 Å². The number of rotatable bonds is 6. The smallest absolute Gasteiger partial charge is 0.216 e. The van der Waals surface area contributed by atoms with E-state index in [0.29, 0.717) is 25.1 Å². The maximum Gasteiger partial charge on any atom is 0.216 e. The molecule has 0 radical (unpaired) electrons. The Morgan fingerprint density at radius 3 is 2.71 bits per heavy atom. The molecule has 0 spiro atoms. The van der Waals surface area contributed by atoms with E-state index in [0.717, 1.165) is 12.1 Å². The van der Waals surface area contributed by atoms with Crippen LogP contribution in [0.1, 0.15) is 24.8 Å². The number of piperidine rings is 1. The molecular formula is C15H23ClF2N2O3S. The van der Waals surface area contributed by atoms with Crippen molar-refractivity contribution < 1.29 is 21.9 Å². The van der Waals surface area contributed by atoms with Gasteiger partial charge in [0.2, 0.25) is 10.0 Å². The van der Waals surface area contributed by atoms with Crippen molar-refractivity contribution in [2.45, 2.75) is 30.6 Å². The highest BCUT2D eigenvalue weighted by atomic mass is 35.5. The van der Waals surface area contributed by atoms with Crippen molar-refractivity contribution in [2.75, 3.05) is 26.8 Å². The number of sulfonamides is 1. The largest absolute Gasteiger partial charge is 0.383 e. The van der Waals surface area contributed by atoms with E-state index in [4.69, 9.17) is 4.74 Å². The number of nitrogens with one attached hydrogen (secondary N) is 2. The fourth-order valence-corrected chi connectivity index (χ4v) is 3.99. The maximum atomic E-state index is 13.5. The first-order chi connectivity index (χ1) is 10.8. The second-order valence-corrected chi connectivity index (χ2v) is 7.94. The molecule has 3 unspecified atom stereocenters. The molecule has 1 fully saturated rings. The van der Waals surface area contributed by atoms with E-state index in [1.807, 2.05) is 0 Å². The van der Waals surface area contributed by atoms with Gasteiger partial charge in [0, 0.05) is 25.6 Å². The van der Waals surface area contributed by atoms with Crippen molar-refractivity contribution in [1.29, 1.82) is 0 Å². The summed E-state index contributed by atoms with van der Waals surface area (Å²) >= 11 is 0. The molecule has 0 amide bonds. The van der Waals surface area contributed by atoms with Crippen LogP contribution in [0, 0.1) is 11.6 Å². The lowest BCUT2D eigenvalue weighted by atomic mass is 9.86. The minimum Gasteiger partial charge on any atom is -0.383 e. The van der Waals surface area contributed by atoms with Crippen molar-refractivity contribution in [3.8, 4) is 0 Å². The van der Waals surface area contributed by atoms with E-state index in [-0.39, 0.29) is 24.9 Å². The van der Waals surface area contributed by atoms with Gasteiger partial charge in [0.25, 0.3) is 0 Å². The van der Waals surface area contributed by atoms with Crippen LogP contribution in [-0.4, -0.2) is 46.5 Å². The van der Waals surface area contributed by atoms with Gasteiger partial charge in [-0.2, -0.15) is 0 Å². The summed E-state index contributed by atoms with van der Waals surface area (Å²) in [5, 5.41) is 2.43. The van der Waals surface area contributed by atoms with Crippen LogP contribution in [0.5, 0.6) is 0 Å². The molecular weight excluding hydrogens is 362 g/mol. The lowest BCUT2D eigenvalue weighted by Crippen LogP contribution is -2.52. The molecule has 3 atom stereocenters. The highest BCUT2D eigenvalue weighted by Gasteiger charge is 2.32. The monoisotopic (exact) mass is 384 g/mol. The summed E-state index contributed by atoms with van der Waals surface area (Å²) in [6.07, 6.45) is 0.636. The van der Waals surface area contributed by atoms with E-state index in [1.165, 1.54) is 13.2 Å². The Morgan fingerprint density at radius 2 is 2.08 bits per heavy atom. The van der Waals surface area contributed by atoms with Gasteiger partial charge in [-0.1, -0.05) is 6.07 Å². The molecule has 9 heteroatoms. The van der Waals surface area contributed by atoms with Crippen LogP contribution < -0.4 is 10.0 Å². The summed E-state index contributed by atoms with van der Waals surface area (Å²) < 4.78 is 58.8. The predicted molar refractivity (Wildman–Crippen MR) is 91.0 cm³/mol. The quantitative estimate of drug-likeness (QED) is 0.784. The summed E-state index contributed by atoms with van der Waals surface area (Å²) in [6, 6.07) is 3.31. The van der Waals surface area contributed by atoms with Crippen molar-refractivity contribution in [3.63, 3.8) is 0 Å². The lowest BCUT2D eigenvalue weighted by molar-refractivity contribution is 0.199. The average molecular weight is 385 g/mol. The van der Waals surface area contributed by atoms with E-state index in [9.17, 15) is 17.2 Å². The summed E-state index contributed by atoms with van der Waals surface area (Å²) in [7, 11) is -2.12. The lowest BCUT2D eigenvalue weighted by Gasteiger charge is -2.33. The summed E-state index contributed by atoms with van der Waals surface area (Å²) in [5.41, 5.74) is 0.595. The fraction of sp³-hybridized carbons (Fsp3) is 0.600. The van der Waals surface area contributed by atoms with Crippen LogP contribution in [-0.2, 0) is 14.8 Å².